The third kappa shape index (κ3) is 5.48. The third-order valence-corrected chi connectivity index (χ3v) is 4.19. The van der Waals surface area contributed by atoms with Gasteiger partial charge in [-0.15, -0.1) is 12.4 Å². The molecule has 0 aromatic carbocycles. The summed E-state index contributed by atoms with van der Waals surface area (Å²) in [5.74, 6) is 0.0117. The lowest BCUT2D eigenvalue weighted by molar-refractivity contribution is 0.0950. The van der Waals surface area contributed by atoms with E-state index in [0.717, 1.165) is 75.6 Å². The molecule has 0 saturated carbocycles. The highest BCUT2D eigenvalue weighted by Crippen LogP contribution is 2.13. The molecule has 2 N–H and O–H groups in total. The van der Waals surface area contributed by atoms with Gasteiger partial charge in [0.2, 0.25) is 0 Å². The van der Waals surface area contributed by atoms with Gasteiger partial charge < -0.3 is 15.5 Å². The number of nitrogens with one attached hydrogen (secondary N) is 2. The van der Waals surface area contributed by atoms with Crippen molar-refractivity contribution in [2.24, 2.45) is 0 Å². The van der Waals surface area contributed by atoms with Crippen LogP contribution in [0.4, 0.5) is 0 Å². The molecule has 2 rings (SSSR count). The van der Waals surface area contributed by atoms with Gasteiger partial charge in [0, 0.05) is 45.0 Å². The van der Waals surface area contributed by atoms with Crippen LogP contribution in [-0.4, -0.2) is 59.9 Å². The lowest BCUT2D eigenvalue weighted by Gasteiger charge is -2.27. The van der Waals surface area contributed by atoms with E-state index in [2.05, 4.69) is 27.6 Å². The Bertz CT molecular complexity index is 497. The number of hydrogen-bond acceptors (Lipinski definition) is 4. The number of hydrogen-bond donors (Lipinski definition) is 2. The molecule has 1 aliphatic heterocycles. The Morgan fingerprint density at radius 3 is 2.61 bits per heavy atom. The van der Waals surface area contributed by atoms with Gasteiger partial charge >= 0.3 is 0 Å². The molecular weight excluding hydrogens is 314 g/mol. The maximum Gasteiger partial charge on any atom is 0.255 e. The number of nitrogens with zero attached hydrogens (tertiary/aromatic N) is 3. The molecule has 2 heterocycles. The zero-order valence-electron chi connectivity index (χ0n) is 14.5. The maximum atomic E-state index is 12.4. The average molecular weight is 344 g/mol. The average Bonchev–Trinajstić information content (AvgIpc) is 2.79. The first-order valence-corrected chi connectivity index (χ1v) is 8.38. The van der Waals surface area contributed by atoms with E-state index in [1.807, 2.05) is 18.5 Å². The number of aryl methyl sites for hydroxylation is 2. The van der Waals surface area contributed by atoms with Crippen molar-refractivity contribution >= 4 is 18.3 Å². The summed E-state index contributed by atoms with van der Waals surface area (Å²) in [6, 6.07) is 0. The van der Waals surface area contributed by atoms with Gasteiger partial charge in [0.15, 0.2) is 0 Å². The Hall–Kier alpha value is -1.11. The summed E-state index contributed by atoms with van der Waals surface area (Å²) in [4.78, 5) is 14.8. The highest BCUT2D eigenvalue weighted by Gasteiger charge is 2.18. The molecule has 1 aromatic rings. The molecule has 7 heteroatoms. The fourth-order valence-corrected chi connectivity index (χ4v) is 2.98. The molecule has 0 atom stereocenters. The van der Waals surface area contributed by atoms with Crippen LogP contribution in [0, 0.1) is 13.8 Å². The van der Waals surface area contributed by atoms with Gasteiger partial charge in [-0.2, -0.15) is 5.10 Å². The number of amides is 1. The largest absolute Gasteiger partial charge is 0.352 e. The van der Waals surface area contributed by atoms with E-state index in [4.69, 9.17) is 0 Å². The summed E-state index contributed by atoms with van der Waals surface area (Å²) >= 11 is 0. The molecule has 23 heavy (non-hydrogen) atoms. The predicted molar refractivity (Wildman–Crippen MR) is 95.5 cm³/mol. The highest BCUT2D eigenvalue weighted by molar-refractivity contribution is 5.96. The molecule has 1 amide bonds. The van der Waals surface area contributed by atoms with Crippen molar-refractivity contribution in [3.05, 3.63) is 17.0 Å². The van der Waals surface area contributed by atoms with Gasteiger partial charge in [-0.3, -0.25) is 9.48 Å². The Labute approximate surface area is 145 Å². The minimum absolute atomic E-state index is 0. The van der Waals surface area contributed by atoms with Gasteiger partial charge in [-0.25, -0.2) is 0 Å². The van der Waals surface area contributed by atoms with Crippen molar-refractivity contribution in [3.63, 3.8) is 0 Å². The smallest absolute Gasteiger partial charge is 0.255 e. The van der Waals surface area contributed by atoms with Crippen LogP contribution in [-0.2, 0) is 6.54 Å². The first kappa shape index (κ1) is 19.9. The first-order valence-electron chi connectivity index (χ1n) is 8.38. The van der Waals surface area contributed by atoms with Gasteiger partial charge in [-0.1, -0.05) is 6.92 Å². The molecule has 0 spiro atoms. The SMILES string of the molecule is CCCn1nc(C)c(C(=O)NCCCN2CCNCC2)c1C.Cl. The van der Waals surface area contributed by atoms with Crippen LogP contribution in [0.5, 0.6) is 0 Å². The second-order valence-electron chi connectivity index (χ2n) is 5.97. The summed E-state index contributed by atoms with van der Waals surface area (Å²) in [6.45, 7) is 13.0. The van der Waals surface area contributed by atoms with E-state index >= 15 is 0 Å². The number of carbonyl (C=O) groups is 1. The van der Waals surface area contributed by atoms with Crippen molar-refractivity contribution < 1.29 is 4.79 Å². The van der Waals surface area contributed by atoms with Crippen molar-refractivity contribution in [1.82, 2.24) is 25.3 Å². The standard InChI is InChI=1S/C16H29N5O.ClH/c1-4-9-21-14(3)15(13(2)19-21)16(22)18-6-5-10-20-11-7-17-8-12-20;/h17H,4-12H2,1-3H3,(H,18,22);1H. The lowest BCUT2D eigenvalue weighted by atomic mass is 10.2. The quantitative estimate of drug-likeness (QED) is 0.734. The number of carbonyl (C=O) groups excluding carboxylic acids is 1. The first-order chi connectivity index (χ1) is 10.6. The molecule has 0 unspecified atom stereocenters. The van der Waals surface area contributed by atoms with E-state index in [9.17, 15) is 4.79 Å². The Morgan fingerprint density at radius 1 is 1.26 bits per heavy atom. The van der Waals surface area contributed by atoms with Gasteiger partial charge in [0.25, 0.3) is 5.91 Å². The monoisotopic (exact) mass is 343 g/mol. The minimum Gasteiger partial charge on any atom is -0.352 e. The van der Waals surface area contributed by atoms with E-state index < -0.39 is 0 Å². The van der Waals surface area contributed by atoms with E-state index in [-0.39, 0.29) is 18.3 Å². The van der Waals surface area contributed by atoms with Crippen molar-refractivity contribution in [2.45, 2.75) is 40.2 Å². The van der Waals surface area contributed by atoms with Crippen LogP contribution in [0.2, 0.25) is 0 Å². The minimum atomic E-state index is 0. The van der Waals surface area contributed by atoms with Crippen LogP contribution in [0.25, 0.3) is 0 Å². The zero-order valence-corrected chi connectivity index (χ0v) is 15.3. The number of piperazine rings is 1. The van der Waals surface area contributed by atoms with Crippen LogP contribution < -0.4 is 10.6 Å². The maximum absolute atomic E-state index is 12.4. The molecular formula is C16H30ClN5O. The van der Waals surface area contributed by atoms with Gasteiger partial charge in [-0.05, 0) is 33.2 Å². The summed E-state index contributed by atoms with van der Waals surface area (Å²) in [5, 5.41) is 10.9. The third-order valence-electron chi connectivity index (χ3n) is 4.19. The van der Waals surface area contributed by atoms with E-state index in [1.165, 1.54) is 0 Å². The molecule has 1 aliphatic rings. The molecule has 132 valence electrons. The Balaban J connectivity index is 0.00000264. The summed E-state index contributed by atoms with van der Waals surface area (Å²) in [5.41, 5.74) is 2.54. The predicted octanol–water partition coefficient (Wildman–Crippen LogP) is 1.36. The summed E-state index contributed by atoms with van der Waals surface area (Å²) in [6.07, 6.45) is 2.01. The summed E-state index contributed by atoms with van der Waals surface area (Å²) in [7, 11) is 0. The van der Waals surface area contributed by atoms with Crippen molar-refractivity contribution in [2.75, 3.05) is 39.3 Å². The lowest BCUT2D eigenvalue weighted by Crippen LogP contribution is -2.44. The molecule has 0 bridgehead atoms. The number of aromatic nitrogens is 2. The van der Waals surface area contributed by atoms with Gasteiger partial charge in [0.05, 0.1) is 11.3 Å². The second kappa shape index (κ2) is 9.90. The second-order valence-corrected chi connectivity index (χ2v) is 5.97. The molecule has 0 radical (unpaired) electrons. The van der Waals surface area contributed by atoms with E-state index in [0.29, 0.717) is 0 Å². The van der Waals surface area contributed by atoms with Crippen LogP contribution in [0.3, 0.4) is 0 Å². The fourth-order valence-electron chi connectivity index (χ4n) is 2.98. The number of halogens is 1. The van der Waals surface area contributed by atoms with Crippen LogP contribution in [0.15, 0.2) is 0 Å². The van der Waals surface area contributed by atoms with Gasteiger partial charge in [0.1, 0.15) is 0 Å². The molecule has 0 aliphatic carbocycles. The molecule has 1 aromatic heterocycles. The zero-order chi connectivity index (χ0) is 15.9. The highest BCUT2D eigenvalue weighted by atomic mass is 35.5. The summed E-state index contributed by atoms with van der Waals surface area (Å²) < 4.78 is 1.94. The normalized spacial score (nSPS) is 15.3. The number of rotatable bonds is 7. The Kier molecular flexibility index (Phi) is 8.58. The molecule has 1 saturated heterocycles. The topological polar surface area (TPSA) is 62.2 Å². The van der Waals surface area contributed by atoms with Crippen LogP contribution in [0.1, 0.15) is 41.5 Å². The van der Waals surface area contributed by atoms with Crippen LogP contribution >= 0.6 is 12.4 Å². The van der Waals surface area contributed by atoms with Crippen molar-refractivity contribution in [3.8, 4) is 0 Å². The van der Waals surface area contributed by atoms with Crippen molar-refractivity contribution in [1.29, 1.82) is 0 Å². The molecule has 1 fully saturated rings. The van der Waals surface area contributed by atoms with E-state index in [1.54, 1.807) is 0 Å². The Morgan fingerprint density at radius 2 is 1.96 bits per heavy atom. The molecule has 6 nitrogen and oxygen atoms in total. The fraction of sp³-hybridized carbons (Fsp3) is 0.750.